The highest BCUT2D eigenvalue weighted by atomic mass is 32.2. The van der Waals surface area contributed by atoms with Crippen LogP contribution < -0.4 is 15.8 Å². The summed E-state index contributed by atoms with van der Waals surface area (Å²) in [4.78, 5) is 11.9. The van der Waals surface area contributed by atoms with Gasteiger partial charge in [-0.05, 0) is 12.1 Å². The Balaban J connectivity index is 3.00. The maximum atomic E-state index is 11.9. The first-order valence-electron chi connectivity index (χ1n) is 5.66. The number of amides is 1. The van der Waals surface area contributed by atoms with Gasteiger partial charge in [0.1, 0.15) is 0 Å². The summed E-state index contributed by atoms with van der Waals surface area (Å²) in [5, 5.41) is 2.59. The van der Waals surface area contributed by atoms with Gasteiger partial charge in [-0.1, -0.05) is 12.1 Å². The van der Waals surface area contributed by atoms with E-state index >= 15 is 0 Å². The first kappa shape index (κ1) is 15.4. The third-order valence-electron chi connectivity index (χ3n) is 2.32. The van der Waals surface area contributed by atoms with Crippen LogP contribution in [-0.2, 0) is 10.2 Å². The summed E-state index contributed by atoms with van der Waals surface area (Å²) in [6.45, 7) is 0.644. The molecule has 1 amide bonds. The molecule has 0 fully saturated rings. The number of nitrogens with one attached hydrogen (secondary N) is 2. The molecule has 0 unspecified atom stereocenters. The number of para-hydroxylation sites is 1. The standard InChI is InChI=1S/C11H18N4O3S/c1-15(2)19(17,18)14-10-6-4-3-5-9(10)11(16)13-8-7-12/h3-6,14H,7-8,12H2,1-2H3,(H,13,16). The fourth-order valence-corrected chi connectivity index (χ4v) is 1.92. The van der Waals surface area contributed by atoms with Crippen molar-refractivity contribution in [1.82, 2.24) is 9.62 Å². The molecule has 0 bridgehead atoms. The van der Waals surface area contributed by atoms with Gasteiger partial charge in [0.2, 0.25) is 0 Å². The molecule has 1 rings (SSSR count). The van der Waals surface area contributed by atoms with E-state index in [1.54, 1.807) is 18.2 Å². The van der Waals surface area contributed by atoms with Gasteiger partial charge in [0, 0.05) is 27.2 Å². The van der Waals surface area contributed by atoms with Gasteiger partial charge in [-0.2, -0.15) is 12.7 Å². The highest BCUT2D eigenvalue weighted by molar-refractivity contribution is 7.90. The second-order valence-corrected chi connectivity index (χ2v) is 5.86. The predicted octanol–water partition coefficient (Wildman–Crippen LogP) is -0.407. The summed E-state index contributed by atoms with van der Waals surface area (Å²) in [7, 11) is -0.845. The van der Waals surface area contributed by atoms with Gasteiger partial charge in [-0.3, -0.25) is 9.52 Å². The molecule has 7 nitrogen and oxygen atoms in total. The molecule has 0 saturated carbocycles. The Morgan fingerprint density at radius 1 is 1.32 bits per heavy atom. The molecule has 106 valence electrons. The first-order chi connectivity index (χ1) is 8.88. The van der Waals surface area contributed by atoms with Crippen molar-refractivity contribution in [2.24, 2.45) is 5.73 Å². The van der Waals surface area contributed by atoms with Crippen LogP contribution in [0.2, 0.25) is 0 Å². The molecule has 0 radical (unpaired) electrons. The summed E-state index contributed by atoms with van der Waals surface area (Å²) >= 11 is 0. The summed E-state index contributed by atoms with van der Waals surface area (Å²) in [5.41, 5.74) is 5.78. The maximum Gasteiger partial charge on any atom is 0.301 e. The van der Waals surface area contributed by atoms with Crippen LogP contribution in [0.4, 0.5) is 5.69 Å². The van der Waals surface area contributed by atoms with E-state index in [0.717, 1.165) is 4.31 Å². The monoisotopic (exact) mass is 286 g/mol. The summed E-state index contributed by atoms with van der Waals surface area (Å²) in [6, 6.07) is 6.37. The van der Waals surface area contributed by atoms with Crippen molar-refractivity contribution in [2.45, 2.75) is 0 Å². The fraction of sp³-hybridized carbons (Fsp3) is 0.364. The van der Waals surface area contributed by atoms with Crippen LogP contribution in [0.1, 0.15) is 10.4 Å². The van der Waals surface area contributed by atoms with Crippen LogP contribution in [0.3, 0.4) is 0 Å². The Kier molecular flexibility index (Phi) is 5.28. The van der Waals surface area contributed by atoms with Crippen molar-refractivity contribution in [3.63, 3.8) is 0 Å². The summed E-state index contributed by atoms with van der Waals surface area (Å²) in [5.74, 6) is -0.373. The van der Waals surface area contributed by atoms with Gasteiger partial charge in [-0.15, -0.1) is 0 Å². The average molecular weight is 286 g/mol. The quantitative estimate of drug-likeness (QED) is 0.661. The summed E-state index contributed by atoms with van der Waals surface area (Å²) < 4.78 is 26.9. The molecule has 0 atom stereocenters. The molecule has 0 aromatic heterocycles. The van der Waals surface area contributed by atoms with Gasteiger partial charge >= 0.3 is 10.2 Å². The van der Waals surface area contributed by atoms with Gasteiger partial charge in [-0.25, -0.2) is 0 Å². The van der Waals surface area contributed by atoms with Crippen molar-refractivity contribution < 1.29 is 13.2 Å². The molecule has 4 N–H and O–H groups in total. The zero-order valence-corrected chi connectivity index (χ0v) is 11.7. The second kappa shape index (κ2) is 6.50. The first-order valence-corrected chi connectivity index (χ1v) is 7.10. The molecule has 1 aromatic carbocycles. The second-order valence-electron chi connectivity index (χ2n) is 3.98. The number of carbonyl (C=O) groups is 1. The number of nitrogens with zero attached hydrogens (tertiary/aromatic N) is 1. The zero-order valence-electron chi connectivity index (χ0n) is 10.9. The zero-order chi connectivity index (χ0) is 14.5. The summed E-state index contributed by atoms with van der Waals surface area (Å²) in [6.07, 6.45) is 0. The maximum absolute atomic E-state index is 11.9. The van der Waals surface area contributed by atoms with Crippen LogP contribution in [-0.4, -0.2) is 45.8 Å². The molecule has 0 heterocycles. The molecule has 0 saturated heterocycles. The van der Waals surface area contributed by atoms with Crippen molar-refractivity contribution in [3.8, 4) is 0 Å². The smallest absolute Gasteiger partial charge is 0.301 e. The van der Waals surface area contributed by atoms with Gasteiger partial charge in [0.15, 0.2) is 0 Å². The third kappa shape index (κ3) is 4.19. The van der Waals surface area contributed by atoms with Crippen molar-refractivity contribution in [3.05, 3.63) is 29.8 Å². The lowest BCUT2D eigenvalue weighted by molar-refractivity contribution is 0.0955. The highest BCUT2D eigenvalue weighted by Crippen LogP contribution is 2.17. The number of carbonyl (C=O) groups excluding carboxylic acids is 1. The van der Waals surface area contributed by atoms with E-state index in [2.05, 4.69) is 10.0 Å². The van der Waals surface area contributed by atoms with E-state index < -0.39 is 10.2 Å². The minimum Gasteiger partial charge on any atom is -0.351 e. The molecular weight excluding hydrogens is 268 g/mol. The molecule has 0 aliphatic carbocycles. The minimum absolute atomic E-state index is 0.228. The Morgan fingerprint density at radius 3 is 2.53 bits per heavy atom. The number of anilines is 1. The van der Waals surface area contributed by atoms with E-state index in [4.69, 9.17) is 5.73 Å². The van der Waals surface area contributed by atoms with Gasteiger partial charge in [0.05, 0.1) is 11.3 Å². The number of rotatable bonds is 6. The van der Waals surface area contributed by atoms with Crippen LogP contribution in [0.15, 0.2) is 24.3 Å². The number of hydrogen-bond donors (Lipinski definition) is 3. The van der Waals surface area contributed by atoms with Crippen LogP contribution in [0, 0.1) is 0 Å². The molecule has 1 aromatic rings. The predicted molar refractivity (Wildman–Crippen MR) is 74.1 cm³/mol. The Morgan fingerprint density at radius 2 is 1.95 bits per heavy atom. The Hall–Kier alpha value is -1.64. The van der Waals surface area contributed by atoms with Crippen LogP contribution in [0.5, 0.6) is 0 Å². The molecular formula is C11H18N4O3S. The molecule has 8 heteroatoms. The highest BCUT2D eigenvalue weighted by Gasteiger charge is 2.17. The third-order valence-corrected chi connectivity index (χ3v) is 3.76. The Labute approximate surface area is 113 Å². The van der Waals surface area contributed by atoms with E-state index in [-0.39, 0.29) is 17.2 Å². The van der Waals surface area contributed by atoms with E-state index in [0.29, 0.717) is 13.1 Å². The lowest BCUT2D eigenvalue weighted by Gasteiger charge is -2.15. The molecule has 0 aliphatic rings. The minimum atomic E-state index is -3.65. The van der Waals surface area contributed by atoms with Gasteiger partial charge < -0.3 is 11.1 Å². The molecule has 0 aliphatic heterocycles. The lowest BCUT2D eigenvalue weighted by atomic mass is 10.1. The van der Waals surface area contributed by atoms with Crippen LogP contribution in [0.25, 0.3) is 0 Å². The molecule has 0 spiro atoms. The fourth-order valence-electron chi connectivity index (χ4n) is 1.28. The van der Waals surface area contributed by atoms with Gasteiger partial charge in [0.25, 0.3) is 5.91 Å². The largest absolute Gasteiger partial charge is 0.351 e. The number of nitrogens with two attached hydrogens (primary N) is 1. The van der Waals surface area contributed by atoms with Crippen molar-refractivity contribution in [1.29, 1.82) is 0 Å². The Bertz CT molecular complexity index is 543. The van der Waals surface area contributed by atoms with Crippen LogP contribution >= 0.6 is 0 Å². The number of hydrogen-bond acceptors (Lipinski definition) is 4. The van der Waals surface area contributed by atoms with E-state index in [9.17, 15) is 13.2 Å². The molecule has 19 heavy (non-hydrogen) atoms. The SMILES string of the molecule is CN(C)S(=O)(=O)Nc1ccccc1C(=O)NCCN. The number of benzene rings is 1. The van der Waals surface area contributed by atoms with Crippen molar-refractivity contribution in [2.75, 3.05) is 31.9 Å². The van der Waals surface area contributed by atoms with E-state index in [1.165, 1.54) is 20.2 Å². The normalized spacial score (nSPS) is 11.4. The van der Waals surface area contributed by atoms with E-state index in [1.807, 2.05) is 0 Å². The topological polar surface area (TPSA) is 105 Å². The average Bonchev–Trinajstić information content (AvgIpc) is 2.36. The van der Waals surface area contributed by atoms with Crippen molar-refractivity contribution >= 4 is 21.8 Å². The lowest BCUT2D eigenvalue weighted by Crippen LogP contribution is -2.32.